The number of hydrogen-bond acceptors (Lipinski definition) is 4. The van der Waals surface area contributed by atoms with Gasteiger partial charge < -0.3 is 14.6 Å². The van der Waals surface area contributed by atoms with E-state index in [0.29, 0.717) is 6.01 Å². The van der Waals surface area contributed by atoms with Gasteiger partial charge in [0.25, 0.3) is 6.01 Å². The number of halogens is 1. The highest BCUT2D eigenvalue weighted by atomic mass is 79.9. The number of carbonyl (C=O) groups excluding carboxylic acids is 1. The van der Waals surface area contributed by atoms with E-state index in [9.17, 15) is 4.79 Å². The molecule has 1 aliphatic rings. The van der Waals surface area contributed by atoms with Gasteiger partial charge in [0.15, 0.2) is 5.58 Å². The van der Waals surface area contributed by atoms with Gasteiger partial charge in [-0.05, 0) is 65.5 Å². The summed E-state index contributed by atoms with van der Waals surface area (Å²) in [6.07, 6.45) is 1.57. The average molecular weight is 414 g/mol. The van der Waals surface area contributed by atoms with Crippen LogP contribution in [0.25, 0.3) is 11.1 Å². The van der Waals surface area contributed by atoms with Gasteiger partial charge in [-0.2, -0.15) is 4.98 Å². The molecule has 0 radical (unpaired) electrons. The number of rotatable bonds is 3. The van der Waals surface area contributed by atoms with Crippen LogP contribution in [0.3, 0.4) is 0 Å². The SMILES string of the molecule is Cc1ccc(NC(=O)C2CCN(c3nc4ccccc4o3)CC2)c(Br)c1. The van der Waals surface area contributed by atoms with E-state index in [1.165, 1.54) is 0 Å². The number of piperidine rings is 1. The van der Waals surface area contributed by atoms with Crippen LogP contribution in [0, 0.1) is 12.8 Å². The molecular formula is C20H20BrN3O2. The standard InChI is InChI=1S/C20H20BrN3O2/c1-13-6-7-16(15(21)12-13)22-19(25)14-8-10-24(11-9-14)20-23-17-4-2-3-5-18(17)26-20/h2-7,12,14H,8-11H2,1H3,(H,22,25). The molecule has 6 heteroatoms. The van der Waals surface area contributed by atoms with Crippen molar-refractivity contribution in [1.82, 2.24) is 4.98 Å². The Hall–Kier alpha value is -2.34. The average Bonchev–Trinajstić information content (AvgIpc) is 3.08. The maximum Gasteiger partial charge on any atom is 0.298 e. The lowest BCUT2D eigenvalue weighted by molar-refractivity contribution is -0.120. The molecule has 3 aromatic rings. The highest BCUT2D eigenvalue weighted by molar-refractivity contribution is 9.10. The van der Waals surface area contributed by atoms with Crippen molar-refractivity contribution in [3.8, 4) is 0 Å². The van der Waals surface area contributed by atoms with E-state index in [-0.39, 0.29) is 11.8 Å². The van der Waals surface area contributed by atoms with Crippen LogP contribution in [0.4, 0.5) is 11.7 Å². The Bertz CT molecular complexity index is 912. The number of amides is 1. The van der Waals surface area contributed by atoms with Crippen LogP contribution >= 0.6 is 15.9 Å². The van der Waals surface area contributed by atoms with Crippen molar-refractivity contribution >= 4 is 44.6 Å². The van der Waals surface area contributed by atoms with Gasteiger partial charge in [0.2, 0.25) is 5.91 Å². The minimum atomic E-state index is 0.00355. The van der Waals surface area contributed by atoms with Crippen LogP contribution in [0.1, 0.15) is 18.4 Å². The number of aromatic nitrogens is 1. The monoisotopic (exact) mass is 413 g/mol. The third kappa shape index (κ3) is 3.46. The second-order valence-electron chi connectivity index (χ2n) is 6.70. The van der Waals surface area contributed by atoms with Crippen molar-refractivity contribution < 1.29 is 9.21 Å². The predicted octanol–water partition coefficient (Wildman–Crippen LogP) is 4.75. The number of fused-ring (bicyclic) bond motifs is 1. The molecule has 1 saturated heterocycles. The van der Waals surface area contributed by atoms with E-state index >= 15 is 0 Å². The van der Waals surface area contributed by atoms with Crippen LogP contribution in [-0.4, -0.2) is 24.0 Å². The quantitative estimate of drug-likeness (QED) is 0.672. The van der Waals surface area contributed by atoms with Crippen LogP contribution in [0.15, 0.2) is 51.4 Å². The molecule has 1 aliphatic heterocycles. The Morgan fingerprint density at radius 3 is 2.73 bits per heavy atom. The first kappa shape index (κ1) is 17.1. The van der Waals surface area contributed by atoms with Crippen molar-refractivity contribution in [2.24, 2.45) is 5.92 Å². The summed E-state index contributed by atoms with van der Waals surface area (Å²) >= 11 is 3.51. The molecule has 0 bridgehead atoms. The maximum absolute atomic E-state index is 12.6. The van der Waals surface area contributed by atoms with Crippen LogP contribution in [-0.2, 0) is 4.79 Å². The van der Waals surface area contributed by atoms with E-state index in [1.807, 2.05) is 49.4 Å². The fourth-order valence-electron chi connectivity index (χ4n) is 3.28. The second kappa shape index (κ2) is 7.11. The molecule has 1 fully saturated rings. The van der Waals surface area contributed by atoms with Gasteiger partial charge in [-0.3, -0.25) is 4.79 Å². The Labute approximate surface area is 160 Å². The molecule has 1 aromatic heterocycles. The fourth-order valence-corrected chi connectivity index (χ4v) is 3.88. The van der Waals surface area contributed by atoms with Crippen LogP contribution in [0.2, 0.25) is 0 Å². The minimum absolute atomic E-state index is 0.00355. The summed E-state index contributed by atoms with van der Waals surface area (Å²) in [5.74, 6) is 0.0793. The van der Waals surface area contributed by atoms with Gasteiger partial charge in [0, 0.05) is 23.5 Å². The maximum atomic E-state index is 12.6. The summed E-state index contributed by atoms with van der Waals surface area (Å²) in [7, 11) is 0. The molecule has 0 atom stereocenters. The first-order chi connectivity index (χ1) is 12.6. The van der Waals surface area contributed by atoms with Crippen molar-refractivity contribution in [1.29, 1.82) is 0 Å². The molecule has 0 aliphatic carbocycles. The van der Waals surface area contributed by atoms with E-state index < -0.39 is 0 Å². The van der Waals surface area contributed by atoms with Crippen molar-refractivity contribution in [2.75, 3.05) is 23.3 Å². The smallest absolute Gasteiger partial charge is 0.298 e. The molecule has 0 spiro atoms. The van der Waals surface area contributed by atoms with Crippen molar-refractivity contribution in [3.05, 3.63) is 52.5 Å². The summed E-state index contributed by atoms with van der Waals surface area (Å²) in [5, 5.41) is 3.04. The highest BCUT2D eigenvalue weighted by Crippen LogP contribution is 2.28. The topological polar surface area (TPSA) is 58.4 Å². The molecule has 1 N–H and O–H groups in total. The number of nitrogens with one attached hydrogen (secondary N) is 1. The largest absolute Gasteiger partial charge is 0.423 e. The van der Waals surface area contributed by atoms with E-state index in [1.54, 1.807) is 0 Å². The molecule has 5 nitrogen and oxygen atoms in total. The lowest BCUT2D eigenvalue weighted by Gasteiger charge is -2.30. The van der Waals surface area contributed by atoms with Crippen LogP contribution < -0.4 is 10.2 Å². The highest BCUT2D eigenvalue weighted by Gasteiger charge is 2.27. The van der Waals surface area contributed by atoms with Gasteiger partial charge >= 0.3 is 0 Å². The lowest BCUT2D eigenvalue weighted by Crippen LogP contribution is -2.38. The first-order valence-corrected chi connectivity index (χ1v) is 9.57. The number of aryl methyl sites for hydroxylation is 1. The zero-order valence-corrected chi connectivity index (χ0v) is 16.1. The number of nitrogens with zero attached hydrogens (tertiary/aromatic N) is 2. The molecule has 1 amide bonds. The fraction of sp³-hybridized carbons (Fsp3) is 0.300. The summed E-state index contributed by atoms with van der Waals surface area (Å²) in [4.78, 5) is 19.3. The van der Waals surface area contributed by atoms with Gasteiger partial charge in [0.05, 0.1) is 5.69 Å². The Balaban J connectivity index is 1.39. The zero-order valence-electron chi connectivity index (χ0n) is 14.5. The molecule has 0 unspecified atom stereocenters. The third-order valence-electron chi connectivity index (χ3n) is 4.80. The first-order valence-electron chi connectivity index (χ1n) is 8.78. The number of anilines is 2. The lowest BCUT2D eigenvalue weighted by atomic mass is 9.96. The predicted molar refractivity (Wildman–Crippen MR) is 106 cm³/mol. The van der Waals surface area contributed by atoms with Crippen LogP contribution in [0.5, 0.6) is 0 Å². The third-order valence-corrected chi connectivity index (χ3v) is 5.46. The Morgan fingerprint density at radius 2 is 2.00 bits per heavy atom. The minimum Gasteiger partial charge on any atom is -0.423 e. The number of hydrogen-bond donors (Lipinski definition) is 1. The van der Waals surface area contributed by atoms with Gasteiger partial charge in [0.1, 0.15) is 5.52 Å². The normalized spacial score (nSPS) is 15.4. The summed E-state index contributed by atoms with van der Waals surface area (Å²) in [6, 6.07) is 14.3. The second-order valence-corrected chi connectivity index (χ2v) is 7.55. The molecule has 0 saturated carbocycles. The Morgan fingerprint density at radius 1 is 1.23 bits per heavy atom. The summed E-state index contributed by atoms with van der Waals surface area (Å²) < 4.78 is 6.75. The number of carbonyl (C=O) groups is 1. The van der Waals surface area contributed by atoms with E-state index in [0.717, 1.165) is 52.8 Å². The molecule has 26 heavy (non-hydrogen) atoms. The number of para-hydroxylation sites is 2. The van der Waals surface area contributed by atoms with Gasteiger partial charge in [-0.25, -0.2) is 0 Å². The summed E-state index contributed by atoms with van der Waals surface area (Å²) in [6.45, 7) is 3.55. The van der Waals surface area contributed by atoms with Gasteiger partial charge in [-0.15, -0.1) is 0 Å². The number of benzene rings is 2. The van der Waals surface area contributed by atoms with E-state index in [2.05, 4.69) is 31.1 Å². The van der Waals surface area contributed by atoms with Gasteiger partial charge in [-0.1, -0.05) is 18.2 Å². The molecule has 2 aromatic carbocycles. The summed E-state index contributed by atoms with van der Waals surface area (Å²) in [5.41, 5.74) is 3.64. The van der Waals surface area contributed by atoms with E-state index in [4.69, 9.17) is 4.42 Å². The van der Waals surface area contributed by atoms with Crippen molar-refractivity contribution in [2.45, 2.75) is 19.8 Å². The molecule has 2 heterocycles. The molecule has 134 valence electrons. The molecule has 4 rings (SSSR count). The Kier molecular flexibility index (Phi) is 4.68. The molecular weight excluding hydrogens is 394 g/mol. The van der Waals surface area contributed by atoms with Crippen molar-refractivity contribution in [3.63, 3.8) is 0 Å². The zero-order chi connectivity index (χ0) is 18.1. The number of oxazole rings is 1.